The van der Waals surface area contributed by atoms with Gasteiger partial charge in [0.05, 0.1) is 16.1 Å². The van der Waals surface area contributed by atoms with E-state index < -0.39 is 16.0 Å². The molecule has 0 unspecified atom stereocenters. The molecule has 0 bridgehead atoms. The number of aromatic nitrogens is 1. The van der Waals surface area contributed by atoms with Crippen LogP contribution in [0.5, 0.6) is 0 Å². The first-order valence-electron chi connectivity index (χ1n) is 12.1. The van der Waals surface area contributed by atoms with Crippen LogP contribution in [0, 0.1) is 5.92 Å². The number of rotatable bonds is 8. The van der Waals surface area contributed by atoms with Gasteiger partial charge in [0, 0.05) is 25.8 Å². The molecule has 0 amide bonds. The Morgan fingerprint density at radius 3 is 2.50 bits per heavy atom. The lowest BCUT2D eigenvalue weighted by Gasteiger charge is -2.36. The van der Waals surface area contributed by atoms with Crippen LogP contribution in [-0.4, -0.2) is 62.1 Å². The van der Waals surface area contributed by atoms with Crippen LogP contribution in [0.3, 0.4) is 0 Å². The summed E-state index contributed by atoms with van der Waals surface area (Å²) in [5, 5.41) is 9.47. The number of aromatic carboxylic acids is 1. The summed E-state index contributed by atoms with van der Waals surface area (Å²) in [5.74, 6) is 0.103. The van der Waals surface area contributed by atoms with Gasteiger partial charge >= 0.3 is 5.97 Å². The highest BCUT2D eigenvalue weighted by Crippen LogP contribution is 2.31. The third-order valence-electron chi connectivity index (χ3n) is 6.75. The van der Waals surface area contributed by atoms with Crippen molar-refractivity contribution < 1.29 is 18.3 Å². The lowest BCUT2D eigenvalue weighted by Crippen LogP contribution is -2.41. The summed E-state index contributed by atoms with van der Waals surface area (Å²) >= 11 is 0. The number of carboxylic acid groups (broad SMARTS) is 1. The SMILES string of the molecule is CC(C)c1ccc(S(=O)(=O)Nc2cc(C(=O)O)cnc2N2CCC[C@@H](CN3CCCC3)C2)cc1. The molecule has 4 rings (SSSR count). The molecule has 8 nitrogen and oxygen atoms in total. The predicted octanol–water partition coefficient (Wildman–Crippen LogP) is 4.02. The third-order valence-corrected chi connectivity index (χ3v) is 8.13. The standard InChI is InChI=1S/C25H34N4O4S/c1-18(2)20-7-9-22(10-8-20)34(32,33)27-23-14-21(25(30)31)15-26-24(23)29-13-5-6-19(17-29)16-28-11-3-4-12-28/h7-10,14-15,18-19,27H,3-6,11-13,16-17H2,1-2H3,(H,30,31)/t19-/m0/s1. The molecule has 184 valence electrons. The van der Waals surface area contributed by atoms with Crippen molar-refractivity contribution >= 4 is 27.5 Å². The molecule has 2 aliphatic heterocycles. The lowest BCUT2D eigenvalue weighted by molar-refractivity contribution is 0.0696. The maximum atomic E-state index is 13.2. The molecule has 3 heterocycles. The van der Waals surface area contributed by atoms with Crippen molar-refractivity contribution in [2.75, 3.05) is 42.3 Å². The van der Waals surface area contributed by atoms with Gasteiger partial charge in [-0.2, -0.15) is 0 Å². The number of hydrogen-bond donors (Lipinski definition) is 2. The normalized spacial score (nSPS) is 19.5. The number of benzene rings is 1. The van der Waals surface area contributed by atoms with E-state index in [9.17, 15) is 18.3 Å². The topological polar surface area (TPSA) is 103 Å². The second-order valence-corrected chi connectivity index (χ2v) is 11.4. The first-order chi connectivity index (χ1) is 16.2. The summed E-state index contributed by atoms with van der Waals surface area (Å²) in [5.41, 5.74) is 1.20. The van der Waals surface area contributed by atoms with Gasteiger partial charge in [0.2, 0.25) is 0 Å². The zero-order valence-corrected chi connectivity index (χ0v) is 20.7. The van der Waals surface area contributed by atoms with E-state index >= 15 is 0 Å². The van der Waals surface area contributed by atoms with E-state index in [1.54, 1.807) is 24.3 Å². The molecule has 34 heavy (non-hydrogen) atoms. The largest absolute Gasteiger partial charge is 0.478 e. The lowest BCUT2D eigenvalue weighted by atomic mass is 9.97. The predicted molar refractivity (Wildman–Crippen MR) is 133 cm³/mol. The zero-order chi connectivity index (χ0) is 24.3. The Bertz CT molecular complexity index is 1110. The van der Waals surface area contributed by atoms with Gasteiger partial charge in [-0.15, -0.1) is 0 Å². The number of anilines is 2. The van der Waals surface area contributed by atoms with Gasteiger partial charge in [-0.1, -0.05) is 26.0 Å². The molecule has 2 aromatic rings. The number of carboxylic acids is 1. The van der Waals surface area contributed by atoms with E-state index in [2.05, 4.69) is 19.5 Å². The Morgan fingerprint density at radius 1 is 1.15 bits per heavy atom. The summed E-state index contributed by atoms with van der Waals surface area (Å²) in [6, 6.07) is 8.14. The van der Waals surface area contributed by atoms with E-state index in [4.69, 9.17) is 0 Å². The Balaban J connectivity index is 1.59. The second kappa shape index (κ2) is 10.3. The van der Waals surface area contributed by atoms with Gasteiger partial charge in [0.1, 0.15) is 0 Å². The quantitative estimate of drug-likeness (QED) is 0.581. The number of sulfonamides is 1. The highest BCUT2D eigenvalue weighted by atomic mass is 32.2. The monoisotopic (exact) mass is 486 g/mol. The molecule has 2 aliphatic rings. The van der Waals surface area contributed by atoms with Crippen molar-refractivity contribution in [2.24, 2.45) is 5.92 Å². The van der Waals surface area contributed by atoms with E-state index in [1.165, 1.54) is 25.1 Å². The number of piperidine rings is 1. The minimum Gasteiger partial charge on any atom is -0.478 e. The Kier molecular flexibility index (Phi) is 7.42. The molecule has 9 heteroatoms. The Hall–Kier alpha value is -2.65. The smallest absolute Gasteiger partial charge is 0.337 e. The van der Waals surface area contributed by atoms with Crippen molar-refractivity contribution in [2.45, 2.75) is 50.3 Å². The summed E-state index contributed by atoms with van der Waals surface area (Å²) in [7, 11) is -3.91. The maximum absolute atomic E-state index is 13.2. The fourth-order valence-electron chi connectivity index (χ4n) is 4.87. The number of nitrogens with one attached hydrogen (secondary N) is 1. The molecule has 1 atom stereocenters. The van der Waals surface area contributed by atoms with Gasteiger partial charge < -0.3 is 14.9 Å². The Labute approximate surface area is 202 Å². The summed E-state index contributed by atoms with van der Waals surface area (Å²) in [4.78, 5) is 20.7. The van der Waals surface area contributed by atoms with Crippen molar-refractivity contribution in [3.8, 4) is 0 Å². The minimum absolute atomic E-state index is 0.0535. The number of pyridine rings is 1. The summed E-state index contributed by atoms with van der Waals surface area (Å²) in [6.45, 7) is 8.94. The van der Waals surface area contributed by atoms with Crippen molar-refractivity contribution in [1.29, 1.82) is 0 Å². The van der Waals surface area contributed by atoms with Crippen molar-refractivity contribution in [3.05, 3.63) is 47.7 Å². The van der Waals surface area contributed by atoms with Crippen molar-refractivity contribution in [3.63, 3.8) is 0 Å². The molecule has 2 N–H and O–H groups in total. The molecule has 0 radical (unpaired) electrons. The van der Waals surface area contributed by atoms with Crippen LogP contribution in [0.25, 0.3) is 0 Å². The van der Waals surface area contributed by atoms with Crippen LogP contribution in [0.15, 0.2) is 41.4 Å². The minimum atomic E-state index is -3.91. The average molecular weight is 487 g/mol. The maximum Gasteiger partial charge on any atom is 0.337 e. The fourth-order valence-corrected chi connectivity index (χ4v) is 5.93. The van der Waals surface area contributed by atoms with Gasteiger partial charge in [-0.25, -0.2) is 18.2 Å². The van der Waals surface area contributed by atoms with Gasteiger partial charge in [-0.05, 0) is 74.4 Å². The number of likely N-dealkylation sites (tertiary alicyclic amines) is 1. The second-order valence-electron chi connectivity index (χ2n) is 9.69. The summed E-state index contributed by atoms with van der Waals surface area (Å²) in [6.07, 6.45) is 5.92. The van der Waals surface area contributed by atoms with Crippen LogP contribution < -0.4 is 9.62 Å². The first-order valence-corrected chi connectivity index (χ1v) is 13.5. The van der Waals surface area contributed by atoms with Crippen LogP contribution in [0.1, 0.15) is 61.4 Å². The van der Waals surface area contributed by atoms with E-state index in [0.717, 1.165) is 51.1 Å². The van der Waals surface area contributed by atoms with Crippen LogP contribution in [-0.2, 0) is 10.0 Å². The zero-order valence-electron chi connectivity index (χ0n) is 19.9. The fraction of sp³-hybridized carbons (Fsp3) is 0.520. The van der Waals surface area contributed by atoms with Gasteiger partial charge in [0.15, 0.2) is 5.82 Å². The average Bonchev–Trinajstić information content (AvgIpc) is 3.32. The van der Waals surface area contributed by atoms with Crippen LogP contribution in [0.2, 0.25) is 0 Å². The molecule has 2 fully saturated rings. The molecule has 0 spiro atoms. The molecule has 1 aromatic carbocycles. The van der Waals surface area contributed by atoms with Crippen LogP contribution >= 0.6 is 0 Å². The van der Waals surface area contributed by atoms with E-state index in [1.807, 2.05) is 13.8 Å². The molecule has 0 aliphatic carbocycles. The molecule has 2 saturated heterocycles. The van der Waals surface area contributed by atoms with Crippen molar-refractivity contribution in [1.82, 2.24) is 9.88 Å². The molecular weight excluding hydrogens is 452 g/mol. The van der Waals surface area contributed by atoms with E-state index in [0.29, 0.717) is 17.7 Å². The van der Waals surface area contributed by atoms with Gasteiger partial charge in [0.25, 0.3) is 10.0 Å². The van der Waals surface area contributed by atoms with Gasteiger partial charge in [-0.3, -0.25) is 4.72 Å². The molecule has 0 saturated carbocycles. The third kappa shape index (κ3) is 5.70. The number of hydrogen-bond acceptors (Lipinski definition) is 6. The Morgan fingerprint density at radius 2 is 1.85 bits per heavy atom. The molecular formula is C25H34N4O4S. The highest BCUT2D eigenvalue weighted by molar-refractivity contribution is 7.92. The van der Waals surface area contributed by atoms with Crippen LogP contribution in [0.4, 0.5) is 11.5 Å². The number of carbonyl (C=O) groups is 1. The highest BCUT2D eigenvalue weighted by Gasteiger charge is 2.27. The first kappa shape index (κ1) is 24.5. The van der Waals surface area contributed by atoms with E-state index in [-0.39, 0.29) is 16.1 Å². The summed E-state index contributed by atoms with van der Waals surface area (Å²) < 4.78 is 29.0. The number of nitrogens with zero attached hydrogens (tertiary/aromatic N) is 3. The molecule has 1 aromatic heterocycles.